The quantitative estimate of drug-likeness (QED) is 0.687. The molecule has 0 aliphatic heterocycles. The first-order valence-corrected chi connectivity index (χ1v) is 8.95. The van der Waals surface area contributed by atoms with Gasteiger partial charge in [-0.2, -0.15) is 0 Å². The van der Waals surface area contributed by atoms with E-state index in [1.54, 1.807) is 27.7 Å². The van der Waals surface area contributed by atoms with Gasteiger partial charge in [0.05, 0.1) is 12.2 Å². The molecule has 1 atom stereocenters. The Labute approximate surface area is 114 Å². The predicted octanol–water partition coefficient (Wildman–Crippen LogP) is 3.18. The maximum absolute atomic E-state index is 12.8. The Bertz CT molecular complexity index is 356. The summed E-state index contributed by atoms with van der Waals surface area (Å²) in [5.74, 6) is 0. The van der Waals surface area contributed by atoms with Gasteiger partial charge in [-0.05, 0) is 34.6 Å². The lowest BCUT2D eigenvalue weighted by Gasteiger charge is -2.36. The molecular formula is C10H24O7P2. The lowest BCUT2D eigenvalue weighted by Crippen LogP contribution is -2.30. The van der Waals surface area contributed by atoms with Crippen LogP contribution in [0, 0.1) is 0 Å². The standard InChI is InChI=1S/C10H24O7P2/c1-8(2)16-19(13,17-9(3)4)10(5,11)18(12,14-6)15-7/h8-9,11H,1-7H3. The van der Waals surface area contributed by atoms with Gasteiger partial charge in [-0.25, -0.2) is 0 Å². The summed E-state index contributed by atoms with van der Waals surface area (Å²) in [5.41, 5.74) is 0. The highest BCUT2D eigenvalue weighted by atomic mass is 31.2. The minimum Gasteiger partial charge on any atom is -0.368 e. The van der Waals surface area contributed by atoms with Crippen LogP contribution in [0.1, 0.15) is 34.6 Å². The molecule has 9 heteroatoms. The van der Waals surface area contributed by atoms with Gasteiger partial charge in [0, 0.05) is 14.2 Å². The van der Waals surface area contributed by atoms with E-state index in [4.69, 9.17) is 18.1 Å². The zero-order valence-corrected chi connectivity index (χ0v) is 14.2. The van der Waals surface area contributed by atoms with Gasteiger partial charge in [-0.15, -0.1) is 0 Å². The minimum absolute atomic E-state index is 0.502. The second-order valence-corrected chi connectivity index (χ2v) is 9.88. The third-order valence-corrected chi connectivity index (χ3v) is 8.12. The van der Waals surface area contributed by atoms with E-state index < -0.39 is 32.5 Å². The van der Waals surface area contributed by atoms with Crippen molar-refractivity contribution in [2.45, 2.75) is 51.9 Å². The molecule has 0 aromatic carbocycles. The maximum Gasteiger partial charge on any atom is 0.374 e. The lowest BCUT2D eigenvalue weighted by atomic mass is 10.5. The summed E-state index contributed by atoms with van der Waals surface area (Å²) in [7, 11) is -6.04. The third-order valence-electron chi connectivity index (χ3n) is 2.22. The first-order valence-electron chi connectivity index (χ1n) is 5.86. The average Bonchev–Trinajstić information content (AvgIpc) is 2.25. The molecule has 0 spiro atoms. The highest BCUT2D eigenvalue weighted by Crippen LogP contribution is 2.76. The van der Waals surface area contributed by atoms with Gasteiger partial charge < -0.3 is 23.2 Å². The highest BCUT2D eigenvalue weighted by Gasteiger charge is 2.61. The first kappa shape index (κ1) is 19.3. The normalized spacial score (nSPS) is 16.9. The van der Waals surface area contributed by atoms with Crippen LogP contribution < -0.4 is 0 Å². The van der Waals surface area contributed by atoms with Crippen LogP contribution in [0.2, 0.25) is 0 Å². The molecule has 0 aromatic rings. The second kappa shape index (κ2) is 6.81. The fraction of sp³-hybridized carbons (Fsp3) is 1.00. The largest absolute Gasteiger partial charge is 0.374 e. The summed E-state index contributed by atoms with van der Waals surface area (Å²) >= 11 is 0. The molecule has 0 amide bonds. The summed E-state index contributed by atoms with van der Waals surface area (Å²) in [6, 6.07) is 0. The van der Waals surface area contributed by atoms with E-state index in [0.717, 1.165) is 21.1 Å². The van der Waals surface area contributed by atoms with Crippen LogP contribution in [0.3, 0.4) is 0 Å². The van der Waals surface area contributed by atoms with Crippen molar-refractivity contribution < 1.29 is 32.3 Å². The number of hydrogen-bond donors (Lipinski definition) is 1. The Morgan fingerprint density at radius 1 is 0.895 bits per heavy atom. The Morgan fingerprint density at radius 3 is 1.42 bits per heavy atom. The van der Waals surface area contributed by atoms with Gasteiger partial charge in [-0.3, -0.25) is 9.13 Å². The van der Waals surface area contributed by atoms with Crippen molar-refractivity contribution in [2.75, 3.05) is 14.2 Å². The molecule has 0 aliphatic carbocycles. The summed E-state index contributed by atoms with van der Waals surface area (Å²) < 4.78 is 45.0. The molecular weight excluding hydrogens is 294 g/mol. The van der Waals surface area contributed by atoms with Crippen LogP contribution in [-0.2, 0) is 27.2 Å². The predicted molar refractivity (Wildman–Crippen MR) is 72.3 cm³/mol. The van der Waals surface area contributed by atoms with E-state index in [1.165, 1.54) is 0 Å². The topological polar surface area (TPSA) is 91.3 Å². The smallest absolute Gasteiger partial charge is 0.368 e. The van der Waals surface area contributed by atoms with Crippen LogP contribution in [0.5, 0.6) is 0 Å². The van der Waals surface area contributed by atoms with Crippen molar-refractivity contribution in [3.63, 3.8) is 0 Å². The van der Waals surface area contributed by atoms with Crippen LogP contribution in [-0.4, -0.2) is 36.6 Å². The minimum atomic E-state index is -4.15. The fourth-order valence-corrected chi connectivity index (χ4v) is 5.72. The zero-order valence-electron chi connectivity index (χ0n) is 12.4. The molecule has 7 nitrogen and oxygen atoms in total. The highest BCUT2D eigenvalue weighted by molar-refractivity contribution is 7.73. The van der Waals surface area contributed by atoms with Crippen LogP contribution in [0.4, 0.5) is 0 Å². The molecule has 1 unspecified atom stereocenters. The molecule has 116 valence electrons. The molecule has 0 radical (unpaired) electrons. The van der Waals surface area contributed by atoms with Crippen molar-refractivity contribution in [2.24, 2.45) is 0 Å². The van der Waals surface area contributed by atoms with Gasteiger partial charge >= 0.3 is 15.2 Å². The summed E-state index contributed by atoms with van der Waals surface area (Å²) in [6.45, 7) is 7.55. The summed E-state index contributed by atoms with van der Waals surface area (Å²) in [4.78, 5) is 0. The fourth-order valence-electron chi connectivity index (χ4n) is 1.35. The van der Waals surface area contributed by atoms with Crippen LogP contribution in [0.15, 0.2) is 0 Å². The Balaban J connectivity index is 5.71. The Morgan fingerprint density at radius 2 is 1.21 bits per heavy atom. The zero-order chi connectivity index (χ0) is 15.5. The van der Waals surface area contributed by atoms with E-state index in [0.29, 0.717) is 0 Å². The van der Waals surface area contributed by atoms with E-state index in [2.05, 4.69) is 0 Å². The van der Waals surface area contributed by atoms with Crippen molar-refractivity contribution in [3.05, 3.63) is 0 Å². The molecule has 0 aliphatic rings. The van der Waals surface area contributed by atoms with E-state index >= 15 is 0 Å². The molecule has 0 aromatic heterocycles. The van der Waals surface area contributed by atoms with Gasteiger partial charge in [-0.1, -0.05) is 0 Å². The number of rotatable bonds is 8. The van der Waals surface area contributed by atoms with Crippen molar-refractivity contribution in [1.29, 1.82) is 0 Å². The van der Waals surface area contributed by atoms with E-state index in [-0.39, 0.29) is 0 Å². The van der Waals surface area contributed by atoms with Crippen LogP contribution >= 0.6 is 15.2 Å². The maximum atomic E-state index is 12.8. The molecule has 0 bridgehead atoms. The van der Waals surface area contributed by atoms with E-state index in [1.807, 2.05) is 0 Å². The van der Waals surface area contributed by atoms with Crippen molar-refractivity contribution >= 4 is 15.2 Å². The summed E-state index contributed by atoms with van der Waals surface area (Å²) in [6.07, 6.45) is -1.00. The van der Waals surface area contributed by atoms with Gasteiger partial charge in [0.25, 0.3) is 5.08 Å². The van der Waals surface area contributed by atoms with Gasteiger partial charge in [0.1, 0.15) is 0 Å². The summed E-state index contributed by atoms with van der Waals surface area (Å²) in [5, 5.41) is 8.02. The number of aliphatic hydroxyl groups is 1. The third kappa shape index (κ3) is 4.11. The second-order valence-electron chi connectivity index (χ2n) is 4.64. The SMILES string of the molecule is COP(=O)(OC)C(C)(O)P(=O)(OC(C)C)OC(C)C. The van der Waals surface area contributed by atoms with Crippen molar-refractivity contribution in [1.82, 2.24) is 0 Å². The van der Waals surface area contributed by atoms with Gasteiger partial charge in [0.2, 0.25) is 0 Å². The van der Waals surface area contributed by atoms with Crippen LogP contribution in [0.25, 0.3) is 0 Å². The Kier molecular flexibility index (Phi) is 6.90. The monoisotopic (exact) mass is 318 g/mol. The van der Waals surface area contributed by atoms with Crippen molar-refractivity contribution in [3.8, 4) is 0 Å². The molecule has 0 fully saturated rings. The molecule has 0 heterocycles. The first-order chi connectivity index (χ1) is 8.45. The molecule has 19 heavy (non-hydrogen) atoms. The number of hydrogen-bond acceptors (Lipinski definition) is 7. The molecule has 1 N–H and O–H groups in total. The van der Waals surface area contributed by atoms with Gasteiger partial charge in [0.15, 0.2) is 0 Å². The van der Waals surface area contributed by atoms with E-state index in [9.17, 15) is 14.2 Å². The Hall–Kier alpha value is 0.260. The molecule has 0 saturated carbocycles. The molecule has 0 saturated heterocycles. The molecule has 0 rings (SSSR count). The lowest BCUT2D eigenvalue weighted by molar-refractivity contribution is 0.0741. The average molecular weight is 318 g/mol.